The first kappa shape index (κ1) is 21.7. The van der Waals surface area contributed by atoms with Crippen LogP contribution in [-0.4, -0.2) is 47.6 Å². The predicted octanol–water partition coefficient (Wildman–Crippen LogP) is 5.16. The zero-order valence-electron chi connectivity index (χ0n) is 18.1. The monoisotopic (exact) mass is 430 g/mol. The average molecular weight is 431 g/mol. The topological polar surface area (TPSA) is 23.6 Å². The highest BCUT2D eigenvalue weighted by atomic mass is 32.2. The number of carbonyl (C=O) groups excluding carboxylic acids is 1. The van der Waals surface area contributed by atoms with Gasteiger partial charge in [0.25, 0.3) is 0 Å². The minimum Gasteiger partial charge on any atom is -0.339 e. The van der Waals surface area contributed by atoms with Gasteiger partial charge in [-0.3, -0.25) is 9.69 Å². The lowest BCUT2D eigenvalue weighted by molar-refractivity contribution is -0.130. The van der Waals surface area contributed by atoms with Crippen LogP contribution in [-0.2, 0) is 10.5 Å². The molecule has 1 amide bonds. The molecule has 1 aliphatic rings. The predicted molar refractivity (Wildman–Crippen MR) is 130 cm³/mol. The van der Waals surface area contributed by atoms with Gasteiger partial charge in [0.15, 0.2) is 0 Å². The number of benzene rings is 3. The molecule has 3 nitrogen and oxygen atoms in total. The second kappa shape index (κ2) is 10.7. The van der Waals surface area contributed by atoms with Gasteiger partial charge in [-0.1, -0.05) is 84.9 Å². The smallest absolute Gasteiger partial charge is 0.232 e. The lowest BCUT2D eigenvalue weighted by atomic mass is 9.96. The molecule has 1 aliphatic heterocycles. The highest BCUT2D eigenvalue weighted by molar-refractivity contribution is 7.99. The highest BCUT2D eigenvalue weighted by Gasteiger charge is 2.27. The number of rotatable bonds is 7. The van der Waals surface area contributed by atoms with E-state index >= 15 is 0 Å². The summed E-state index contributed by atoms with van der Waals surface area (Å²) in [5, 5.41) is 0. The molecule has 0 unspecified atom stereocenters. The van der Waals surface area contributed by atoms with Crippen LogP contribution in [0.2, 0.25) is 0 Å². The molecule has 0 atom stereocenters. The van der Waals surface area contributed by atoms with Crippen LogP contribution >= 0.6 is 11.8 Å². The number of nitrogens with zero attached hydrogens (tertiary/aromatic N) is 2. The van der Waals surface area contributed by atoms with Crippen molar-refractivity contribution in [3.63, 3.8) is 0 Å². The largest absolute Gasteiger partial charge is 0.339 e. The fourth-order valence-electron chi connectivity index (χ4n) is 4.23. The molecule has 0 aliphatic carbocycles. The van der Waals surface area contributed by atoms with Crippen molar-refractivity contribution in [1.29, 1.82) is 0 Å². The third-order valence-electron chi connectivity index (χ3n) is 6.01. The standard InChI is InChI=1S/C27H30N2OS/c1-22-10-8-9-15-25(22)20-31-21-26(30)28-16-18-29(19-17-28)27(23-11-4-2-5-12-23)24-13-6-3-7-14-24/h2-15,27H,16-21H2,1H3. The first-order chi connectivity index (χ1) is 15.2. The Balaban J connectivity index is 1.34. The van der Waals surface area contributed by atoms with E-state index in [1.54, 1.807) is 11.8 Å². The summed E-state index contributed by atoms with van der Waals surface area (Å²) in [6, 6.07) is 30.0. The highest BCUT2D eigenvalue weighted by Crippen LogP contribution is 2.29. The van der Waals surface area contributed by atoms with E-state index < -0.39 is 0 Å². The van der Waals surface area contributed by atoms with E-state index in [1.807, 2.05) is 4.90 Å². The first-order valence-electron chi connectivity index (χ1n) is 11.0. The molecule has 160 valence electrons. The number of hydrogen-bond donors (Lipinski definition) is 0. The summed E-state index contributed by atoms with van der Waals surface area (Å²) in [6.45, 7) is 5.50. The fourth-order valence-corrected chi connectivity index (χ4v) is 5.23. The van der Waals surface area contributed by atoms with Crippen molar-refractivity contribution in [1.82, 2.24) is 9.80 Å². The van der Waals surface area contributed by atoms with Gasteiger partial charge in [0, 0.05) is 31.9 Å². The van der Waals surface area contributed by atoms with E-state index in [0.29, 0.717) is 5.75 Å². The van der Waals surface area contributed by atoms with Crippen molar-refractivity contribution in [2.75, 3.05) is 31.9 Å². The van der Waals surface area contributed by atoms with Crippen LogP contribution in [0.25, 0.3) is 0 Å². The zero-order chi connectivity index (χ0) is 21.5. The second-order valence-electron chi connectivity index (χ2n) is 8.06. The molecule has 0 radical (unpaired) electrons. The molecule has 0 bridgehead atoms. The van der Waals surface area contributed by atoms with Crippen molar-refractivity contribution < 1.29 is 4.79 Å². The number of amides is 1. The Morgan fingerprint density at radius 3 is 1.94 bits per heavy atom. The summed E-state index contributed by atoms with van der Waals surface area (Å²) in [7, 11) is 0. The number of carbonyl (C=O) groups is 1. The molecule has 0 N–H and O–H groups in total. The Kier molecular flexibility index (Phi) is 7.44. The maximum atomic E-state index is 12.8. The van der Waals surface area contributed by atoms with E-state index in [1.165, 1.54) is 22.3 Å². The quantitative estimate of drug-likeness (QED) is 0.517. The maximum absolute atomic E-state index is 12.8. The van der Waals surface area contributed by atoms with Gasteiger partial charge in [-0.2, -0.15) is 0 Å². The van der Waals surface area contributed by atoms with E-state index in [4.69, 9.17) is 0 Å². The Bertz CT molecular complexity index is 929. The van der Waals surface area contributed by atoms with Crippen LogP contribution in [0.3, 0.4) is 0 Å². The van der Waals surface area contributed by atoms with Gasteiger partial charge in [0.2, 0.25) is 5.91 Å². The van der Waals surface area contributed by atoms with Gasteiger partial charge in [0.05, 0.1) is 11.8 Å². The summed E-state index contributed by atoms with van der Waals surface area (Å²) in [5.41, 5.74) is 5.23. The third kappa shape index (κ3) is 5.57. The Morgan fingerprint density at radius 2 is 1.35 bits per heavy atom. The summed E-state index contributed by atoms with van der Waals surface area (Å²) in [4.78, 5) is 17.3. The normalized spacial score (nSPS) is 14.7. The number of hydrogen-bond acceptors (Lipinski definition) is 3. The molecule has 3 aromatic carbocycles. The van der Waals surface area contributed by atoms with Gasteiger partial charge in [0.1, 0.15) is 0 Å². The number of aryl methyl sites for hydroxylation is 1. The molecule has 0 saturated carbocycles. The van der Waals surface area contributed by atoms with Crippen LogP contribution in [0.15, 0.2) is 84.9 Å². The summed E-state index contributed by atoms with van der Waals surface area (Å²) < 4.78 is 0. The molecule has 3 aromatic rings. The summed E-state index contributed by atoms with van der Waals surface area (Å²) in [5.74, 6) is 1.70. The number of piperazine rings is 1. The molecule has 4 rings (SSSR count). The molecule has 1 heterocycles. The van der Waals surface area contributed by atoms with Gasteiger partial charge in [-0.05, 0) is 29.2 Å². The van der Waals surface area contributed by atoms with Crippen molar-refractivity contribution in [3.05, 3.63) is 107 Å². The zero-order valence-corrected chi connectivity index (χ0v) is 18.9. The van der Waals surface area contributed by atoms with Crippen LogP contribution in [0.4, 0.5) is 0 Å². The lowest BCUT2D eigenvalue weighted by Crippen LogP contribution is -2.50. The minimum absolute atomic E-state index is 0.232. The van der Waals surface area contributed by atoms with Gasteiger partial charge in [-0.25, -0.2) is 0 Å². The van der Waals surface area contributed by atoms with Crippen molar-refractivity contribution in [2.45, 2.75) is 18.7 Å². The van der Waals surface area contributed by atoms with Gasteiger partial charge >= 0.3 is 0 Å². The molecule has 1 fully saturated rings. The van der Waals surface area contributed by atoms with Gasteiger partial charge < -0.3 is 4.90 Å². The molecule has 4 heteroatoms. The number of thioether (sulfide) groups is 1. The Morgan fingerprint density at radius 1 is 0.806 bits per heavy atom. The average Bonchev–Trinajstić information content (AvgIpc) is 2.82. The van der Waals surface area contributed by atoms with E-state index in [2.05, 4.69) is 96.8 Å². The molecular weight excluding hydrogens is 400 g/mol. The Hall–Kier alpha value is -2.56. The van der Waals surface area contributed by atoms with Crippen LogP contribution < -0.4 is 0 Å². The van der Waals surface area contributed by atoms with Crippen LogP contribution in [0.5, 0.6) is 0 Å². The minimum atomic E-state index is 0.232. The molecule has 31 heavy (non-hydrogen) atoms. The summed E-state index contributed by atoms with van der Waals surface area (Å²) >= 11 is 1.72. The van der Waals surface area contributed by atoms with Crippen molar-refractivity contribution in [2.24, 2.45) is 0 Å². The molecule has 0 aromatic heterocycles. The van der Waals surface area contributed by atoms with Crippen molar-refractivity contribution >= 4 is 17.7 Å². The summed E-state index contributed by atoms with van der Waals surface area (Å²) in [6.07, 6.45) is 0. The molecule has 0 spiro atoms. The van der Waals surface area contributed by atoms with E-state index in [-0.39, 0.29) is 11.9 Å². The lowest BCUT2D eigenvalue weighted by Gasteiger charge is -2.39. The third-order valence-corrected chi connectivity index (χ3v) is 6.97. The van der Waals surface area contributed by atoms with Crippen LogP contribution in [0, 0.1) is 6.92 Å². The molecular formula is C27H30N2OS. The van der Waals surface area contributed by atoms with Crippen LogP contribution in [0.1, 0.15) is 28.3 Å². The SMILES string of the molecule is Cc1ccccc1CSCC(=O)N1CCN(C(c2ccccc2)c2ccccc2)CC1. The second-order valence-corrected chi connectivity index (χ2v) is 9.05. The van der Waals surface area contributed by atoms with Gasteiger partial charge in [-0.15, -0.1) is 11.8 Å². The Labute approximate surface area is 190 Å². The first-order valence-corrected chi connectivity index (χ1v) is 12.1. The van der Waals surface area contributed by atoms with E-state index in [9.17, 15) is 4.79 Å². The molecule has 1 saturated heterocycles. The fraction of sp³-hybridized carbons (Fsp3) is 0.296. The maximum Gasteiger partial charge on any atom is 0.232 e. The van der Waals surface area contributed by atoms with E-state index in [0.717, 1.165) is 31.9 Å². The van der Waals surface area contributed by atoms with Crippen molar-refractivity contribution in [3.8, 4) is 0 Å².